The third kappa shape index (κ3) is 4.20. The highest BCUT2D eigenvalue weighted by Crippen LogP contribution is 2.29. The Morgan fingerprint density at radius 3 is 2.76 bits per heavy atom. The molecule has 1 aliphatic rings. The van der Waals surface area contributed by atoms with Gasteiger partial charge in [0, 0.05) is 31.5 Å². The zero-order chi connectivity index (χ0) is 17.7. The van der Waals surface area contributed by atoms with E-state index in [-0.39, 0.29) is 11.3 Å². The highest BCUT2D eigenvalue weighted by Gasteiger charge is 2.33. The number of aryl methyl sites for hydroxylation is 1. The first-order chi connectivity index (χ1) is 12.1. The van der Waals surface area contributed by atoms with Crippen molar-refractivity contribution in [2.75, 3.05) is 33.4 Å². The lowest BCUT2D eigenvalue weighted by atomic mass is 9.79. The highest BCUT2D eigenvalue weighted by molar-refractivity contribution is 7.17. The summed E-state index contributed by atoms with van der Waals surface area (Å²) >= 11 is 1.33. The Morgan fingerprint density at radius 2 is 2.08 bits per heavy atom. The van der Waals surface area contributed by atoms with Gasteiger partial charge in [-0.2, -0.15) is 0 Å². The predicted octanol–water partition coefficient (Wildman–Crippen LogP) is 1.65. The van der Waals surface area contributed by atoms with Gasteiger partial charge in [-0.15, -0.1) is 11.3 Å². The molecular weight excluding hydrogens is 338 g/mol. The maximum absolute atomic E-state index is 12.7. The number of nitrogens with one attached hydrogen (secondary N) is 2. The summed E-state index contributed by atoms with van der Waals surface area (Å²) in [5.74, 6) is 0.454. The van der Waals surface area contributed by atoms with Crippen LogP contribution in [-0.2, 0) is 4.74 Å². The number of rotatable bonds is 6. The number of carbonyl (C=O) groups is 1. The summed E-state index contributed by atoms with van der Waals surface area (Å²) in [5, 5.41) is 7.10. The summed E-state index contributed by atoms with van der Waals surface area (Å²) in [6.07, 6.45) is 5.33. The van der Waals surface area contributed by atoms with Gasteiger partial charge in [0.15, 0.2) is 10.8 Å². The second kappa shape index (κ2) is 7.99. The number of carbonyl (C=O) groups excluding carboxylic acids is 1. The molecule has 134 valence electrons. The molecule has 7 nitrogen and oxygen atoms in total. The molecule has 2 N–H and O–H groups in total. The van der Waals surface area contributed by atoms with Crippen LogP contribution in [0.4, 0.5) is 0 Å². The first kappa shape index (κ1) is 17.9. The topological polar surface area (TPSA) is 89.0 Å². The van der Waals surface area contributed by atoms with Crippen molar-refractivity contribution in [3.63, 3.8) is 0 Å². The average molecular weight is 361 g/mol. The molecule has 1 saturated heterocycles. The summed E-state index contributed by atoms with van der Waals surface area (Å²) < 4.78 is 5.40. The zero-order valence-electron chi connectivity index (χ0n) is 14.5. The Hall–Kier alpha value is -1.90. The molecular formula is C17H23N5O2S. The smallest absolute Gasteiger partial charge is 0.263 e. The first-order valence-electron chi connectivity index (χ1n) is 8.36. The van der Waals surface area contributed by atoms with Crippen molar-refractivity contribution in [3.05, 3.63) is 29.0 Å². The number of aromatic nitrogens is 3. The molecule has 1 amide bonds. The van der Waals surface area contributed by atoms with Crippen molar-refractivity contribution in [2.45, 2.75) is 19.8 Å². The monoisotopic (exact) mass is 361 g/mol. The van der Waals surface area contributed by atoms with Crippen molar-refractivity contribution in [2.24, 2.45) is 5.41 Å². The van der Waals surface area contributed by atoms with Crippen molar-refractivity contribution < 1.29 is 9.53 Å². The molecule has 3 heterocycles. The lowest BCUT2D eigenvalue weighted by molar-refractivity contribution is 0.0512. The van der Waals surface area contributed by atoms with Gasteiger partial charge in [-0.05, 0) is 38.9 Å². The second-order valence-corrected chi connectivity index (χ2v) is 7.37. The van der Waals surface area contributed by atoms with Gasteiger partial charge in [0.2, 0.25) is 0 Å². The van der Waals surface area contributed by atoms with E-state index in [0.29, 0.717) is 34.6 Å². The van der Waals surface area contributed by atoms with E-state index in [1.165, 1.54) is 11.3 Å². The number of hydrogen-bond donors (Lipinski definition) is 2. The van der Waals surface area contributed by atoms with Gasteiger partial charge in [0.05, 0.1) is 12.3 Å². The molecule has 0 unspecified atom stereocenters. The SMILES string of the molecule is COCC1(CNC(=O)c2sc(-c3ncccn3)nc2C)CCNCC1. The van der Waals surface area contributed by atoms with E-state index >= 15 is 0 Å². The van der Waals surface area contributed by atoms with Crippen molar-refractivity contribution in [3.8, 4) is 10.8 Å². The standard InChI is InChI=1S/C17H23N5O2S/c1-12-13(25-16(22-12)14-19-6-3-7-20-14)15(23)21-10-17(11-24-2)4-8-18-9-5-17/h3,6-7,18H,4-5,8-11H2,1-2H3,(H,21,23). The van der Waals surface area contributed by atoms with E-state index in [4.69, 9.17) is 4.74 Å². The highest BCUT2D eigenvalue weighted by atomic mass is 32.1. The van der Waals surface area contributed by atoms with Crippen molar-refractivity contribution in [1.82, 2.24) is 25.6 Å². The average Bonchev–Trinajstić information content (AvgIpc) is 3.03. The summed E-state index contributed by atoms with van der Waals surface area (Å²) in [6, 6.07) is 1.76. The Labute approximate surface area is 151 Å². The van der Waals surface area contributed by atoms with Crippen LogP contribution in [0, 0.1) is 12.3 Å². The first-order valence-corrected chi connectivity index (χ1v) is 9.18. The number of methoxy groups -OCH3 is 1. The van der Waals surface area contributed by atoms with Crippen LogP contribution in [0.5, 0.6) is 0 Å². The lowest BCUT2D eigenvalue weighted by Gasteiger charge is -2.37. The minimum absolute atomic E-state index is 0.000373. The van der Waals surface area contributed by atoms with Gasteiger partial charge in [0.1, 0.15) is 4.88 Å². The molecule has 2 aromatic heterocycles. The minimum Gasteiger partial charge on any atom is -0.384 e. The molecule has 0 aliphatic carbocycles. The van der Waals surface area contributed by atoms with Crippen LogP contribution in [0.25, 0.3) is 10.8 Å². The molecule has 0 spiro atoms. The number of piperidine rings is 1. The van der Waals surface area contributed by atoms with Gasteiger partial charge in [-0.25, -0.2) is 15.0 Å². The molecule has 1 aliphatic heterocycles. The molecule has 0 atom stereocenters. The van der Waals surface area contributed by atoms with E-state index in [0.717, 1.165) is 25.9 Å². The molecule has 3 rings (SSSR count). The molecule has 8 heteroatoms. The number of amides is 1. The van der Waals surface area contributed by atoms with E-state index in [9.17, 15) is 4.79 Å². The van der Waals surface area contributed by atoms with Crippen LogP contribution < -0.4 is 10.6 Å². The fraction of sp³-hybridized carbons (Fsp3) is 0.529. The maximum atomic E-state index is 12.7. The normalized spacial score (nSPS) is 16.6. The van der Waals surface area contributed by atoms with Crippen LogP contribution in [0.15, 0.2) is 18.5 Å². The lowest BCUT2D eigenvalue weighted by Crippen LogP contribution is -2.47. The van der Waals surface area contributed by atoms with Crippen LogP contribution in [-0.4, -0.2) is 54.2 Å². The molecule has 0 bridgehead atoms. The second-order valence-electron chi connectivity index (χ2n) is 6.37. The molecule has 0 aromatic carbocycles. The summed E-state index contributed by atoms with van der Waals surface area (Å²) in [6.45, 7) is 5.01. The molecule has 0 radical (unpaired) electrons. The molecule has 1 fully saturated rings. The summed E-state index contributed by atoms with van der Waals surface area (Å²) in [5.41, 5.74) is 0.704. The number of ether oxygens (including phenoxy) is 1. The number of nitrogens with zero attached hydrogens (tertiary/aromatic N) is 3. The Bertz CT molecular complexity index is 708. The Kier molecular flexibility index (Phi) is 5.72. The third-order valence-corrected chi connectivity index (χ3v) is 5.65. The zero-order valence-corrected chi connectivity index (χ0v) is 15.4. The van der Waals surface area contributed by atoms with Crippen LogP contribution in [0.2, 0.25) is 0 Å². The van der Waals surface area contributed by atoms with Crippen LogP contribution in [0.3, 0.4) is 0 Å². The predicted molar refractivity (Wildman–Crippen MR) is 96.6 cm³/mol. The Morgan fingerprint density at radius 1 is 1.36 bits per heavy atom. The molecule has 25 heavy (non-hydrogen) atoms. The van der Waals surface area contributed by atoms with Gasteiger partial charge in [-0.3, -0.25) is 4.79 Å². The number of hydrogen-bond acceptors (Lipinski definition) is 7. The van der Waals surface area contributed by atoms with E-state index in [2.05, 4.69) is 25.6 Å². The largest absolute Gasteiger partial charge is 0.384 e. The quantitative estimate of drug-likeness (QED) is 0.813. The van der Waals surface area contributed by atoms with Crippen LogP contribution in [0.1, 0.15) is 28.2 Å². The fourth-order valence-electron chi connectivity index (χ4n) is 3.10. The van der Waals surface area contributed by atoms with Crippen molar-refractivity contribution in [1.29, 1.82) is 0 Å². The summed E-state index contributed by atoms with van der Waals surface area (Å²) in [4.78, 5) is 26.1. The van der Waals surface area contributed by atoms with Gasteiger partial charge < -0.3 is 15.4 Å². The van der Waals surface area contributed by atoms with Gasteiger partial charge in [-0.1, -0.05) is 0 Å². The van der Waals surface area contributed by atoms with E-state index in [1.54, 1.807) is 25.6 Å². The Balaban J connectivity index is 1.70. The van der Waals surface area contributed by atoms with E-state index < -0.39 is 0 Å². The molecule has 2 aromatic rings. The number of thiazole rings is 1. The van der Waals surface area contributed by atoms with E-state index in [1.807, 2.05) is 6.92 Å². The van der Waals surface area contributed by atoms with Crippen LogP contribution >= 0.6 is 11.3 Å². The minimum atomic E-state index is -0.0915. The summed E-state index contributed by atoms with van der Waals surface area (Å²) in [7, 11) is 1.71. The van der Waals surface area contributed by atoms with Gasteiger partial charge in [0.25, 0.3) is 5.91 Å². The fourth-order valence-corrected chi connectivity index (χ4v) is 4.03. The van der Waals surface area contributed by atoms with Gasteiger partial charge >= 0.3 is 0 Å². The maximum Gasteiger partial charge on any atom is 0.263 e. The third-order valence-electron chi connectivity index (χ3n) is 4.50. The molecule has 0 saturated carbocycles. The van der Waals surface area contributed by atoms with Crippen molar-refractivity contribution >= 4 is 17.2 Å².